The number of rotatable bonds is 6. The number of benzene rings is 2. The fourth-order valence-electron chi connectivity index (χ4n) is 3.53. The molecule has 2 N–H and O–H groups in total. The smallest absolute Gasteiger partial charge is 0.255 e. The summed E-state index contributed by atoms with van der Waals surface area (Å²) in [6.07, 6.45) is 4.81. The lowest BCUT2D eigenvalue weighted by Crippen LogP contribution is -2.13. The highest BCUT2D eigenvalue weighted by molar-refractivity contribution is 6.05. The molecule has 2 aromatic carbocycles. The zero-order valence-electron chi connectivity index (χ0n) is 24.8. The Morgan fingerprint density at radius 1 is 1.06 bits per heavy atom. The molecule has 0 fully saturated rings. The van der Waals surface area contributed by atoms with Crippen LogP contribution in [0.3, 0.4) is 0 Å². The van der Waals surface area contributed by atoms with Gasteiger partial charge in [0.05, 0.1) is 23.2 Å². The lowest BCUT2D eigenvalue weighted by atomic mass is 10.1. The van der Waals surface area contributed by atoms with Gasteiger partial charge in [0.25, 0.3) is 5.91 Å². The van der Waals surface area contributed by atoms with Crippen molar-refractivity contribution in [2.45, 2.75) is 20.8 Å². The van der Waals surface area contributed by atoms with Gasteiger partial charge in [0.2, 0.25) is 5.95 Å². The van der Waals surface area contributed by atoms with E-state index in [1.54, 1.807) is 69.7 Å². The molecule has 0 aliphatic rings. The molecule has 0 unspecified atom stereocenters. The molecule has 3 heterocycles. The zero-order valence-corrected chi connectivity index (χ0v) is 19.8. The summed E-state index contributed by atoms with van der Waals surface area (Å²) in [5, 5.41) is 5.69. The van der Waals surface area contributed by atoms with E-state index in [4.69, 9.17) is 6.85 Å². The monoisotopic (exact) mass is 480 g/mol. The van der Waals surface area contributed by atoms with E-state index in [1.165, 1.54) is 4.57 Å². The van der Waals surface area contributed by atoms with Crippen molar-refractivity contribution in [1.29, 1.82) is 0 Å². The van der Waals surface area contributed by atoms with E-state index >= 15 is 0 Å². The summed E-state index contributed by atoms with van der Waals surface area (Å²) in [7, 11) is 0. The van der Waals surface area contributed by atoms with Gasteiger partial charge in [-0.2, -0.15) is 0 Å². The Kier molecular flexibility index (Phi) is 4.78. The van der Waals surface area contributed by atoms with Crippen LogP contribution in [-0.4, -0.2) is 30.4 Å². The standard InChI is InChI=1S/C28H25N7O/c1-18-11-23(14-24(12-18)35-16-20(3)31-17-35)32-27(36)21-7-6-19(2)26(13-21)34-28-30-10-8-25(33-28)22-5-4-9-29-15-22/h4-17H,1-3H3,(H,32,36)(H,30,33,34)/i6D,7D,13D,16D,17D. The summed E-state index contributed by atoms with van der Waals surface area (Å²) < 4.78 is 43.5. The first-order valence-corrected chi connectivity index (χ1v) is 11.1. The maximum absolute atomic E-state index is 13.5. The van der Waals surface area contributed by atoms with Gasteiger partial charge in [-0.15, -0.1) is 0 Å². The molecule has 0 atom stereocenters. The third kappa shape index (κ3) is 5.12. The Balaban J connectivity index is 1.50. The van der Waals surface area contributed by atoms with Crippen molar-refractivity contribution in [3.05, 3.63) is 108 Å². The van der Waals surface area contributed by atoms with Crippen LogP contribution < -0.4 is 10.6 Å². The van der Waals surface area contributed by atoms with Crippen molar-refractivity contribution in [1.82, 2.24) is 24.5 Å². The van der Waals surface area contributed by atoms with Crippen LogP contribution in [0.1, 0.15) is 34.0 Å². The predicted octanol–water partition coefficient (Wildman–Crippen LogP) is 5.65. The summed E-state index contributed by atoms with van der Waals surface area (Å²) in [5.74, 6) is -0.597. The van der Waals surface area contributed by atoms with Crippen LogP contribution in [0.2, 0.25) is 0 Å². The maximum Gasteiger partial charge on any atom is 0.255 e. The van der Waals surface area contributed by atoms with Gasteiger partial charge in [-0.3, -0.25) is 9.78 Å². The third-order valence-electron chi connectivity index (χ3n) is 5.25. The fourth-order valence-corrected chi connectivity index (χ4v) is 3.53. The second kappa shape index (κ2) is 9.79. The molecule has 0 spiro atoms. The van der Waals surface area contributed by atoms with E-state index < -0.39 is 5.91 Å². The van der Waals surface area contributed by atoms with E-state index in [9.17, 15) is 4.79 Å². The number of anilines is 3. The van der Waals surface area contributed by atoms with Gasteiger partial charge in [-0.25, -0.2) is 15.0 Å². The van der Waals surface area contributed by atoms with Gasteiger partial charge in [0, 0.05) is 53.0 Å². The molecule has 0 bridgehead atoms. The average molecular weight is 481 g/mol. The van der Waals surface area contributed by atoms with Crippen LogP contribution in [0.4, 0.5) is 17.3 Å². The first kappa shape index (κ1) is 17.6. The molecule has 178 valence electrons. The topological polar surface area (TPSA) is 97.6 Å². The molecule has 36 heavy (non-hydrogen) atoms. The highest BCUT2D eigenvalue weighted by atomic mass is 16.1. The van der Waals surface area contributed by atoms with Crippen molar-refractivity contribution in [3.8, 4) is 16.9 Å². The molecular weight excluding hydrogens is 450 g/mol. The number of amides is 1. The number of hydrogen-bond donors (Lipinski definition) is 2. The van der Waals surface area contributed by atoms with Crippen molar-refractivity contribution < 1.29 is 11.6 Å². The molecule has 8 nitrogen and oxygen atoms in total. The number of imidazole rings is 1. The predicted molar refractivity (Wildman–Crippen MR) is 141 cm³/mol. The van der Waals surface area contributed by atoms with Crippen LogP contribution in [0.15, 0.2) is 85.6 Å². The number of pyridine rings is 1. The SMILES string of the molecule is [2H]c1c([2H])c(C(=O)Nc2cc(C)cc(-n3c([2H])nc(C)c3[2H])c2)c([2H])c(Nc2nccc(-c3cccnc3)n2)c1C. The molecule has 0 saturated heterocycles. The molecule has 5 rings (SSSR count). The minimum Gasteiger partial charge on any atom is -0.324 e. The number of aryl methyl sites for hydroxylation is 2. The van der Waals surface area contributed by atoms with Gasteiger partial charge >= 0.3 is 0 Å². The first-order chi connectivity index (χ1) is 19.5. The molecule has 3 aromatic heterocycles. The van der Waals surface area contributed by atoms with Crippen molar-refractivity contribution >= 4 is 23.2 Å². The Hall–Kier alpha value is -4.85. The van der Waals surface area contributed by atoms with Crippen molar-refractivity contribution in [2.24, 2.45) is 0 Å². The minimum atomic E-state index is -0.753. The van der Waals surface area contributed by atoms with Crippen LogP contribution in [-0.2, 0) is 0 Å². The van der Waals surface area contributed by atoms with E-state index in [-0.39, 0.29) is 47.8 Å². The number of nitrogens with one attached hydrogen (secondary N) is 2. The summed E-state index contributed by atoms with van der Waals surface area (Å²) in [4.78, 5) is 30.3. The van der Waals surface area contributed by atoms with E-state index in [1.807, 2.05) is 6.07 Å². The molecule has 0 aliphatic heterocycles. The molecule has 8 heteroatoms. The van der Waals surface area contributed by atoms with Gasteiger partial charge in [0.1, 0.15) is 1.37 Å². The van der Waals surface area contributed by atoms with Gasteiger partial charge in [-0.1, -0.05) is 6.04 Å². The summed E-state index contributed by atoms with van der Waals surface area (Å²) in [6.45, 7) is 5.03. The number of aromatic nitrogens is 5. The highest BCUT2D eigenvalue weighted by Crippen LogP contribution is 2.24. The lowest BCUT2D eigenvalue weighted by Gasteiger charge is -2.13. The van der Waals surface area contributed by atoms with Crippen molar-refractivity contribution in [2.75, 3.05) is 10.6 Å². The maximum atomic E-state index is 13.5. The molecule has 5 aromatic rings. The van der Waals surface area contributed by atoms with Gasteiger partial charge < -0.3 is 15.2 Å². The summed E-state index contributed by atoms with van der Waals surface area (Å²) in [6, 6.07) is 9.50. The van der Waals surface area contributed by atoms with Crippen LogP contribution in [0.25, 0.3) is 16.9 Å². The number of hydrogen-bond acceptors (Lipinski definition) is 6. The summed E-state index contributed by atoms with van der Waals surface area (Å²) in [5.41, 5.74) is 3.44. The fraction of sp³-hybridized carbons (Fsp3) is 0.107. The second-order valence-electron chi connectivity index (χ2n) is 8.14. The number of nitrogens with zero attached hydrogens (tertiary/aromatic N) is 5. The van der Waals surface area contributed by atoms with Crippen LogP contribution >= 0.6 is 0 Å². The number of carbonyl (C=O) groups excluding carboxylic acids is 1. The first-order valence-electron chi connectivity index (χ1n) is 13.6. The Morgan fingerprint density at radius 2 is 1.94 bits per heavy atom. The minimum absolute atomic E-state index is 0.0580. The van der Waals surface area contributed by atoms with Crippen molar-refractivity contribution in [3.63, 3.8) is 0 Å². The molecule has 0 radical (unpaired) electrons. The molecular formula is C28H25N7O. The van der Waals surface area contributed by atoms with Gasteiger partial charge in [-0.05, 0) is 80.4 Å². The van der Waals surface area contributed by atoms with E-state index in [2.05, 4.69) is 30.6 Å². The Labute approximate surface area is 216 Å². The number of carbonyl (C=O) groups is 1. The highest BCUT2D eigenvalue weighted by Gasteiger charge is 2.12. The average Bonchev–Trinajstić information content (AvgIpc) is 3.20. The Bertz CT molecular complexity index is 1810. The lowest BCUT2D eigenvalue weighted by molar-refractivity contribution is 0.102. The van der Waals surface area contributed by atoms with Crippen LogP contribution in [0, 0.1) is 20.8 Å². The van der Waals surface area contributed by atoms with Crippen LogP contribution in [0.5, 0.6) is 0 Å². The molecule has 0 saturated carbocycles. The molecule has 1 amide bonds. The Morgan fingerprint density at radius 3 is 2.72 bits per heavy atom. The zero-order chi connectivity index (χ0) is 29.4. The van der Waals surface area contributed by atoms with E-state index in [0.29, 0.717) is 28.3 Å². The third-order valence-corrected chi connectivity index (χ3v) is 5.25. The normalized spacial score (nSPS) is 12.7. The second-order valence-corrected chi connectivity index (χ2v) is 8.14. The largest absolute Gasteiger partial charge is 0.324 e. The molecule has 0 aliphatic carbocycles. The van der Waals surface area contributed by atoms with E-state index in [0.717, 1.165) is 11.1 Å². The summed E-state index contributed by atoms with van der Waals surface area (Å²) >= 11 is 0. The quantitative estimate of drug-likeness (QED) is 0.326. The van der Waals surface area contributed by atoms with Gasteiger partial charge in [0.15, 0.2) is 0 Å².